The van der Waals surface area contributed by atoms with Crippen molar-refractivity contribution in [2.24, 2.45) is 21.6 Å². The zero-order chi connectivity index (χ0) is 16.2. The largest absolute Gasteiger partial charge is 0.493 e. The SMILES string of the molecule is O=C(N=Nc1c(O)[nH]c2ccc([N+](=O)[O-])cc12)[C@H]1CC12CCC2. The van der Waals surface area contributed by atoms with Crippen molar-refractivity contribution >= 4 is 28.2 Å². The fourth-order valence-corrected chi connectivity index (χ4v) is 3.42. The third-order valence-corrected chi connectivity index (χ3v) is 5.03. The predicted octanol–water partition coefficient (Wildman–Crippen LogP) is 3.58. The second kappa shape index (κ2) is 4.61. The first-order chi connectivity index (χ1) is 11.0. The van der Waals surface area contributed by atoms with Crippen molar-refractivity contribution in [2.75, 3.05) is 0 Å². The molecule has 23 heavy (non-hydrogen) atoms. The normalized spacial score (nSPS) is 21.7. The van der Waals surface area contributed by atoms with E-state index in [1.54, 1.807) is 0 Å². The molecule has 0 saturated heterocycles. The number of aromatic nitrogens is 1. The third-order valence-electron chi connectivity index (χ3n) is 5.03. The van der Waals surface area contributed by atoms with E-state index in [9.17, 15) is 20.0 Å². The maximum Gasteiger partial charge on any atom is 0.270 e. The summed E-state index contributed by atoms with van der Waals surface area (Å²) in [5, 5.41) is 28.7. The lowest BCUT2D eigenvalue weighted by Gasteiger charge is -2.25. The lowest BCUT2D eigenvalue weighted by molar-refractivity contribution is -0.384. The molecule has 2 aliphatic rings. The van der Waals surface area contributed by atoms with Crippen LogP contribution >= 0.6 is 0 Å². The first-order valence-electron chi connectivity index (χ1n) is 7.45. The van der Waals surface area contributed by atoms with Crippen LogP contribution in [0, 0.1) is 21.4 Å². The molecule has 0 bridgehead atoms. The van der Waals surface area contributed by atoms with E-state index in [1.165, 1.54) is 18.2 Å². The second-order valence-corrected chi connectivity index (χ2v) is 6.32. The molecule has 1 spiro atoms. The van der Waals surface area contributed by atoms with Gasteiger partial charge in [-0.25, -0.2) is 0 Å². The molecule has 2 saturated carbocycles. The van der Waals surface area contributed by atoms with E-state index < -0.39 is 4.92 Å². The molecule has 2 fully saturated rings. The van der Waals surface area contributed by atoms with Crippen LogP contribution in [0.1, 0.15) is 25.7 Å². The first-order valence-corrected chi connectivity index (χ1v) is 7.45. The molecule has 1 atom stereocenters. The Kier molecular flexibility index (Phi) is 2.78. The second-order valence-electron chi connectivity index (χ2n) is 6.32. The maximum atomic E-state index is 12.1. The van der Waals surface area contributed by atoms with Crippen LogP contribution in [0.15, 0.2) is 28.4 Å². The van der Waals surface area contributed by atoms with Gasteiger partial charge in [-0.3, -0.25) is 14.9 Å². The number of fused-ring (bicyclic) bond motifs is 1. The number of nitro benzene ring substituents is 1. The van der Waals surface area contributed by atoms with E-state index in [4.69, 9.17) is 0 Å². The number of non-ortho nitro benzene ring substituents is 1. The number of amides is 1. The van der Waals surface area contributed by atoms with E-state index in [0.717, 1.165) is 25.7 Å². The molecule has 1 heterocycles. The van der Waals surface area contributed by atoms with Crippen LogP contribution in [-0.2, 0) is 4.79 Å². The number of hydrogen-bond donors (Lipinski definition) is 2. The van der Waals surface area contributed by atoms with Crippen molar-refractivity contribution in [3.05, 3.63) is 28.3 Å². The van der Waals surface area contributed by atoms with Gasteiger partial charge in [-0.15, -0.1) is 10.2 Å². The van der Waals surface area contributed by atoms with Gasteiger partial charge < -0.3 is 10.1 Å². The molecule has 8 heteroatoms. The van der Waals surface area contributed by atoms with Gasteiger partial charge in [0, 0.05) is 23.4 Å². The number of aromatic amines is 1. The summed E-state index contributed by atoms with van der Waals surface area (Å²) in [6.45, 7) is 0. The number of rotatable bonds is 3. The zero-order valence-corrected chi connectivity index (χ0v) is 12.2. The standard InChI is InChI=1S/C15H14N4O4/c20-13(10-7-15(10)4-1-5-15)18-17-12-9-6-8(19(22)23)2-3-11(9)16-14(12)21/h2-3,6,10,16,21H,1,4-5,7H2/t10-/m1/s1. The topological polar surface area (TPSA) is 121 Å². The molecule has 2 aliphatic carbocycles. The Hall–Kier alpha value is -2.77. The number of hydrogen-bond acceptors (Lipinski definition) is 5. The maximum absolute atomic E-state index is 12.1. The first kappa shape index (κ1) is 13.9. The molecule has 8 nitrogen and oxygen atoms in total. The van der Waals surface area contributed by atoms with E-state index in [0.29, 0.717) is 10.9 Å². The highest BCUT2D eigenvalue weighted by molar-refractivity contribution is 5.96. The average molecular weight is 314 g/mol. The highest BCUT2D eigenvalue weighted by atomic mass is 16.6. The molecule has 2 N–H and O–H groups in total. The molecular weight excluding hydrogens is 300 g/mol. The van der Waals surface area contributed by atoms with Crippen LogP contribution in [0.2, 0.25) is 0 Å². The van der Waals surface area contributed by atoms with Crippen LogP contribution in [-0.4, -0.2) is 20.9 Å². The van der Waals surface area contributed by atoms with Crippen LogP contribution in [0.4, 0.5) is 11.4 Å². The van der Waals surface area contributed by atoms with Crippen LogP contribution in [0.3, 0.4) is 0 Å². The predicted molar refractivity (Wildman–Crippen MR) is 80.5 cm³/mol. The van der Waals surface area contributed by atoms with Crippen molar-refractivity contribution < 1.29 is 14.8 Å². The summed E-state index contributed by atoms with van der Waals surface area (Å²) in [5.41, 5.74) is 0.601. The molecule has 1 amide bonds. The number of carbonyl (C=O) groups excluding carboxylic acids is 1. The van der Waals surface area contributed by atoms with Crippen LogP contribution < -0.4 is 0 Å². The molecule has 4 rings (SSSR count). The van der Waals surface area contributed by atoms with Gasteiger partial charge in [0.2, 0.25) is 5.88 Å². The van der Waals surface area contributed by atoms with E-state index in [-0.39, 0.29) is 34.5 Å². The Morgan fingerprint density at radius 2 is 2.22 bits per heavy atom. The molecule has 118 valence electrons. The fraction of sp³-hybridized carbons (Fsp3) is 0.400. The number of benzene rings is 1. The van der Waals surface area contributed by atoms with Crippen molar-refractivity contribution in [3.63, 3.8) is 0 Å². The molecule has 1 aromatic carbocycles. The summed E-state index contributed by atoms with van der Waals surface area (Å²) >= 11 is 0. The minimum absolute atomic E-state index is 0.0540. The minimum Gasteiger partial charge on any atom is -0.493 e. The van der Waals surface area contributed by atoms with Crippen LogP contribution in [0.5, 0.6) is 5.88 Å². The number of nitrogens with one attached hydrogen (secondary N) is 1. The van der Waals surface area contributed by atoms with Crippen LogP contribution in [0.25, 0.3) is 10.9 Å². The Morgan fingerprint density at radius 3 is 2.83 bits per heavy atom. The number of azo groups is 1. The third kappa shape index (κ3) is 2.09. The lowest BCUT2D eigenvalue weighted by atomic mass is 9.80. The number of nitrogens with zero attached hydrogens (tertiary/aromatic N) is 3. The summed E-state index contributed by atoms with van der Waals surface area (Å²) < 4.78 is 0. The summed E-state index contributed by atoms with van der Waals surface area (Å²) in [5.74, 6) is -0.586. The van der Waals surface area contributed by atoms with Gasteiger partial charge in [0.1, 0.15) is 0 Å². The zero-order valence-electron chi connectivity index (χ0n) is 12.2. The molecule has 1 aromatic heterocycles. The smallest absolute Gasteiger partial charge is 0.270 e. The number of nitro groups is 1. The van der Waals surface area contributed by atoms with Crippen molar-refractivity contribution in [1.29, 1.82) is 0 Å². The minimum atomic E-state index is -0.528. The fourth-order valence-electron chi connectivity index (χ4n) is 3.42. The van der Waals surface area contributed by atoms with Gasteiger partial charge in [-0.1, -0.05) is 6.42 Å². The molecule has 0 unspecified atom stereocenters. The highest BCUT2D eigenvalue weighted by Crippen LogP contribution is 2.65. The van der Waals surface area contributed by atoms with Gasteiger partial charge in [-0.2, -0.15) is 0 Å². The molecular formula is C15H14N4O4. The van der Waals surface area contributed by atoms with Gasteiger partial charge in [-0.05, 0) is 30.7 Å². The number of carbonyl (C=O) groups is 1. The van der Waals surface area contributed by atoms with Crippen molar-refractivity contribution in [3.8, 4) is 5.88 Å². The quantitative estimate of drug-likeness (QED) is 0.510. The van der Waals surface area contributed by atoms with Gasteiger partial charge >= 0.3 is 0 Å². The Labute approximate surface area is 130 Å². The van der Waals surface area contributed by atoms with Gasteiger partial charge in [0.05, 0.1) is 10.4 Å². The van der Waals surface area contributed by atoms with Gasteiger partial charge in [0.15, 0.2) is 5.69 Å². The van der Waals surface area contributed by atoms with Gasteiger partial charge in [0.25, 0.3) is 11.6 Å². The summed E-state index contributed by atoms with van der Waals surface area (Å²) in [4.78, 5) is 25.1. The Bertz CT molecular complexity index is 866. The number of aromatic hydroxyl groups is 1. The Balaban J connectivity index is 1.64. The highest BCUT2D eigenvalue weighted by Gasteiger charge is 2.61. The summed E-state index contributed by atoms with van der Waals surface area (Å²) in [6.07, 6.45) is 4.18. The summed E-state index contributed by atoms with van der Waals surface area (Å²) in [6, 6.07) is 4.11. The number of H-pyrrole nitrogens is 1. The molecule has 0 aliphatic heterocycles. The summed E-state index contributed by atoms with van der Waals surface area (Å²) in [7, 11) is 0. The monoisotopic (exact) mass is 314 g/mol. The van der Waals surface area contributed by atoms with E-state index >= 15 is 0 Å². The molecule has 0 radical (unpaired) electrons. The molecule has 2 aromatic rings. The lowest BCUT2D eigenvalue weighted by Crippen LogP contribution is -2.17. The Morgan fingerprint density at radius 1 is 1.43 bits per heavy atom. The van der Waals surface area contributed by atoms with Crippen molar-refractivity contribution in [2.45, 2.75) is 25.7 Å². The average Bonchev–Trinajstić information content (AvgIpc) is 3.17. The van der Waals surface area contributed by atoms with Crippen molar-refractivity contribution in [1.82, 2.24) is 4.98 Å². The van der Waals surface area contributed by atoms with E-state index in [2.05, 4.69) is 15.2 Å². The van der Waals surface area contributed by atoms with E-state index in [1.807, 2.05) is 0 Å².